The van der Waals surface area contributed by atoms with Crippen LogP contribution < -0.4 is 5.32 Å². The number of aryl methyl sites for hydroxylation is 1. The summed E-state index contributed by atoms with van der Waals surface area (Å²) in [6.45, 7) is 4.05. The molecule has 0 spiro atoms. The molecule has 2 aromatic rings. The lowest BCUT2D eigenvalue weighted by Gasteiger charge is -2.08. The zero-order chi connectivity index (χ0) is 12.7. The summed E-state index contributed by atoms with van der Waals surface area (Å²) in [6.07, 6.45) is 0. The smallest absolute Gasteiger partial charge is 0.231 e. The quantitative estimate of drug-likeness (QED) is 0.804. The fraction of sp³-hybridized carbons (Fsp3) is 0.188. The van der Waals surface area contributed by atoms with Crippen LogP contribution in [0.25, 0.3) is 11.1 Å². The number of carbonyl (C=O) groups is 1. The largest absolute Gasteiger partial charge is 0.325 e. The van der Waals surface area contributed by atoms with Crippen molar-refractivity contribution in [3.63, 3.8) is 0 Å². The molecule has 1 unspecified atom stereocenters. The van der Waals surface area contributed by atoms with Gasteiger partial charge in [0, 0.05) is 5.69 Å². The molecule has 0 fully saturated rings. The van der Waals surface area contributed by atoms with E-state index in [0.29, 0.717) is 0 Å². The summed E-state index contributed by atoms with van der Waals surface area (Å²) in [6, 6.07) is 14.5. The molecule has 0 aliphatic carbocycles. The molecule has 1 heterocycles. The highest BCUT2D eigenvalue weighted by Crippen LogP contribution is 2.35. The molecule has 1 amide bonds. The average molecular weight is 237 g/mol. The van der Waals surface area contributed by atoms with Crippen LogP contribution in [0.3, 0.4) is 0 Å². The Labute approximate surface area is 107 Å². The number of benzene rings is 2. The van der Waals surface area contributed by atoms with Gasteiger partial charge in [0.2, 0.25) is 5.91 Å². The second-order valence-corrected chi connectivity index (χ2v) is 4.83. The van der Waals surface area contributed by atoms with E-state index in [0.717, 1.165) is 11.3 Å². The van der Waals surface area contributed by atoms with Crippen molar-refractivity contribution >= 4 is 11.6 Å². The van der Waals surface area contributed by atoms with Gasteiger partial charge < -0.3 is 5.32 Å². The normalized spacial score (nSPS) is 17.4. The average Bonchev–Trinajstić information content (AvgIpc) is 2.66. The van der Waals surface area contributed by atoms with Crippen LogP contribution in [-0.4, -0.2) is 5.91 Å². The van der Waals surface area contributed by atoms with Gasteiger partial charge in [0.25, 0.3) is 0 Å². The van der Waals surface area contributed by atoms with Crippen LogP contribution in [-0.2, 0) is 4.79 Å². The molecule has 0 bridgehead atoms. The summed E-state index contributed by atoms with van der Waals surface area (Å²) in [7, 11) is 0. The predicted octanol–water partition coefficient (Wildman–Crippen LogP) is 3.72. The summed E-state index contributed by atoms with van der Waals surface area (Å²) in [4.78, 5) is 11.6. The van der Waals surface area contributed by atoms with Gasteiger partial charge in [0.05, 0.1) is 5.92 Å². The molecule has 90 valence electrons. The molecule has 0 saturated heterocycles. The highest BCUT2D eigenvalue weighted by Gasteiger charge is 2.26. The highest BCUT2D eigenvalue weighted by molar-refractivity contribution is 6.03. The van der Waals surface area contributed by atoms with Crippen LogP contribution in [0, 0.1) is 6.92 Å². The van der Waals surface area contributed by atoms with E-state index in [1.165, 1.54) is 16.7 Å². The molecule has 3 rings (SSSR count). The van der Waals surface area contributed by atoms with Crippen LogP contribution in [0.4, 0.5) is 5.69 Å². The van der Waals surface area contributed by atoms with Crippen LogP contribution in [0.1, 0.15) is 24.0 Å². The van der Waals surface area contributed by atoms with Crippen molar-refractivity contribution in [3.8, 4) is 11.1 Å². The maximum absolute atomic E-state index is 11.6. The molecule has 2 aromatic carbocycles. The first-order chi connectivity index (χ1) is 8.66. The third-order valence-electron chi connectivity index (χ3n) is 3.63. The molecular formula is C16H15NO. The highest BCUT2D eigenvalue weighted by atomic mass is 16.2. The Morgan fingerprint density at radius 3 is 2.67 bits per heavy atom. The second kappa shape index (κ2) is 3.98. The van der Waals surface area contributed by atoms with E-state index in [1.54, 1.807) is 0 Å². The van der Waals surface area contributed by atoms with E-state index in [2.05, 4.69) is 36.5 Å². The van der Waals surface area contributed by atoms with Gasteiger partial charge in [0.15, 0.2) is 0 Å². The zero-order valence-electron chi connectivity index (χ0n) is 10.5. The maximum atomic E-state index is 11.6. The topological polar surface area (TPSA) is 29.1 Å². The first kappa shape index (κ1) is 11.0. The van der Waals surface area contributed by atoms with Crippen LogP contribution in [0.2, 0.25) is 0 Å². The van der Waals surface area contributed by atoms with E-state index in [-0.39, 0.29) is 11.8 Å². The van der Waals surface area contributed by atoms with E-state index in [9.17, 15) is 4.79 Å². The SMILES string of the molecule is Cc1ccccc1-c1ccc2c(c1)C(C)C(=O)N2. The van der Waals surface area contributed by atoms with Crippen molar-refractivity contribution in [2.24, 2.45) is 0 Å². The Kier molecular flexibility index (Phi) is 2.44. The Balaban J connectivity index is 2.12. The minimum Gasteiger partial charge on any atom is -0.325 e. The predicted molar refractivity (Wildman–Crippen MR) is 73.7 cm³/mol. The summed E-state index contributed by atoms with van der Waals surface area (Å²) in [5.74, 6) is 0.0379. The molecule has 0 saturated carbocycles. The number of carbonyl (C=O) groups excluding carboxylic acids is 1. The molecule has 18 heavy (non-hydrogen) atoms. The number of hydrogen-bond donors (Lipinski definition) is 1. The fourth-order valence-corrected chi connectivity index (χ4v) is 2.48. The van der Waals surface area contributed by atoms with Crippen LogP contribution in [0.5, 0.6) is 0 Å². The molecule has 1 atom stereocenters. The lowest BCUT2D eigenvalue weighted by atomic mass is 9.95. The molecule has 2 heteroatoms. The lowest BCUT2D eigenvalue weighted by Crippen LogP contribution is -2.08. The van der Waals surface area contributed by atoms with Crippen molar-refractivity contribution < 1.29 is 4.79 Å². The van der Waals surface area contributed by atoms with E-state index < -0.39 is 0 Å². The van der Waals surface area contributed by atoms with Gasteiger partial charge >= 0.3 is 0 Å². The van der Waals surface area contributed by atoms with Crippen LogP contribution in [0.15, 0.2) is 42.5 Å². The van der Waals surface area contributed by atoms with Gasteiger partial charge in [-0.25, -0.2) is 0 Å². The molecule has 0 radical (unpaired) electrons. The van der Waals surface area contributed by atoms with Crippen molar-refractivity contribution in [3.05, 3.63) is 53.6 Å². The standard InChI is InChI=1S/C16H15NO/c1-10-5-3-4-6-13(10)12-7-8-15-14(9-12)11(2)16(18)17-15/h3-9,11H,1-2H3,(H,17,18). The first-order valence-corrected chi connectivity index (χ1v) is 6.17. The Morgan fingerprint density at radius 1 is 1.11 bits per heavy atom. The van der Waals surface area contributed by atoms with E-state index in [1.807, 2.05) is 25.1 Å². The van der Waals surface area contributed by atoms with E-state index in [4.69, 9.17) is 0 Å². The van der Waals surface area contributed by atoms with Gasteiger partial charge in [-0.1, -0.05) is 30.3 Å². The zero-order valence-corrected chi connectivity index (χ0v) is 10.5. The Morgan fingerprint density at radius 2 is 1.89 bits per heavy atom. The number of amides is 1. The number of nitrogens with one attached hydrogen (secondary N) is 1. The molecule has 1 aliphatic heterocycles. The third kappa shape index (κ3) is 1.61. The Hall–Kier alpha value is -2.09. The van der Waals surface area contributed by atoms with Crippen molar-refractivity contribution in [1.29, 1.82) is 0 Å². The lowest BCUT2D eigenvalue weighted by molar-refractivity contribution is -0.116. The minimum absolute atomic E-state index is 0.0519. The van der Waals surface area contributed by atoms with Crippen LogP contribution >= 0.6 is 0 Å². The monoisotopic (exact) mass is 237 g/mol. The van der Waals surface area contributed by atoms with Gasteiger partial charge in [-0.15, -0.1) is 0 Å². The van der Waals surface area contributed by atoms with Gasteiger partial charge in [-0.2, -0.15) is 0 Å². The van der Waals surface area contributed by atoms with Gasteiger partial charge in [-0.3, -0.25) is 4.79 Å². The first-order valence-electron chi connectivity index (χ1n) is 6.17. The molecule has 0 aromatic heterocycles. The maximum Gasteiger partial charge on any atom is 0.231 e. The number of hydrogen-bond acceptors (Lipinski definition) is 1. The Bertz CT molecular complexity index is 631. The summed E-state index contributed by atoms with van der Waals surface area (Å²) >= 11 is 0. The van der Waals surface area contributed by atoms with Gasteiger partial charge in [-0.05, 0) is 48.2 Å². The molecular weight excluding hydrogens is 222 g/mol. The van der Waals surface area contributed by atoms with E-state index >= 15 is 0 Å². The molecule has 1 N–H and O–H groups in total. The van der Waals surface area contributed by atoms with Crippen molar-refractivity contribution in [2.75, 3.05) is 5.32 Å². The number of rotatable bonds is 1. The molecule has 1 aliphatic rings. The second-order valence-electron chi connectivity index (χ2n) is 4.83. The fourth-order valence-electron chi connectivity index (χ4n) is 2.48. The summed E-state index contributed by atoms with van der Waals surface area (Å²) in [5, 5.41) is 2.90. The third-order valence-corrected chi connectivity index (χ3v) is 3.63. The number of anilines is 1. The summed E-state index contributed by atoms with van der Waals surface area (Å²) in [5.41, 5.74) is 5.70. The van der Waals surface area contributed by atoms with Gasteiger partial charge in [0.1, 0.15) is 0 Å². The number of fused-ring (bicyclic) bond motifs is 1. The van der Waals surface area contributed by atoms with Crippen molar-refractivity contribution in [1.82, 2.24) is 0 Å². The minimum atomic E-state index is -0.0519. The van der Waals surface area contributed by atoms with Crippen molar-refractivity contribution in [2.45, 2.75) is 19.8 Å². The summed E-state index contributed by atoms with van der Waals surface area (Å²) < 4.78 is 0. The molecule has 2 nitrogen and oxygen atoms in total.